The Morgan fingerprint density at radius 1 is 1.14 bits per heavy atom. The molecular weight excluding hydrogens is 360 g/mol. The van der Waals surface area contributed by atoms with Gasteiger partial charge in [0.15, 0.2) is 11.5 Å². The fraction of sp³-hybridized carbons (Fsp3) is 0.316. The summed E-state index contributed by atoms with van der Waals surface area (Å²) in [6, 6.07) is 12.4. The molecule has 1 N–H and O–H groups in total. The summed E-state index contributed by atoms with van der Waals surface area (Å²) in [5, 5.41) is 22.4. The maximum Gasteiger partial charge on any atom is 0.292 e. The third-order valence-corrected chi connectivity index (χ3v) is 5.09. The summed E-state index contributed by atoms with van der Waals surface area (Å²) in [6.45, 7) is 1.53. The van der Waals surface area contributed by atoms with E-state index in [-0.39, 0.29) is 22.4 Å². The molecule has 0 aliphatic carbocycles. The van der Waals surface area contributed by atoms with Crippen molar-refractivity contribution < 1.29 is 9.72 Å². The predicted octanol–water partition coefficient (Wildman–Crippen LogP) is 2.17. The Morgan fingerprint density at radius 2 is 1.89 bits per heavy atom. The van der Waals surface area contributed by atoms with Gasteiger partial charge in [-0.1, -0.05) is 18.2 Å². The van der Waals surface area contributed by atoms with Crippen molar-refractivity contribution in [2.24, 2.45) is 5.92 Å². The molecule has 3 heterocycles. The molecule has 9 heteroatoms. The molecule has 1 aromatic carbocycles. The lowest BCUT2D eigenvalue weighted by molar-refractivity contribution is -0.384. The van der Waals surface area contributed by atoms with E-state index in [4.69, 9.17) is 0 Å². The highest BCUT2D eigenvalue weighted by molar-refractivity contribution is 5.79. The van der Waals surface area contributed by atoms with Crippen molar-refractivity contribution in [3.63, 3.8) is 0 Å². The van der Waals surface area contributed by atoms with Crippen LogP contribution in [0.5, 0.6) is 0 Å². The smallest absolute Gasteiger partial charge is 0.292 e. The lowest BCUT2D eigenvalue weighted by Gasteiger charge is -2.32. The van der Waals surface area contributed by atoms with Crippen LogP contribution in [-0.2, 0) is 11.3 Å². The Kier molecular flexibility index (Phi) is 4.88. The number of anilines is 1. The van der Waals surface area contributed by atoms with Crippen LogP contribution in [0.15, 0.2) is 48.7 Å². The first-order valence-electron chi connectivity index (χ1n) is 9.18. The fourth-order valence-electron chi connectivity index (χ4n) is 3.59. The minimum atomic E-state index is -0.364. The molecule has 1 fully saturated rings. The number of benzene rings is 1. The number of nitrogens with one attached hydrogen (secondary N) is 1. The van der Waals surface area contributed by atoms with E-state index in [1.54, 1.807) is 18.2 Å². The van der Waals surface area contributed by atoms with Gasteiger partial charge in [0.2, 0.25) is 5.91 Å². The van der Waals surface area contributed by atoms with Gasteiger partial charge in [-0.25, -0.2) is 0 Å². The molecule has 1 aliphatic rings. The van der Waals surface area contributed by atoms with Crippen molar-refractivity contribution in [3.05, 3.63) is 64.6 Å². The van der Waals surface area contributed by atoms with Crippen molar-refractivity contribution in [2.45, 2.75) is 19.4 Å². The highest BCUT2D eigenvalue weighted by Gasteiger charge is 2.28. The van der Waals surface area contributed by atoms with Crippen LogP contribution in [0.1, 0.15) is 18.7 Å². The molecule has 1 saturated heterocycles. The van der Waals surface area contributed by atoms with E-state index in [2.05, 4.69) is 15.5 Å². The van der Waals surface area contributed by atoms with E-state index in [9.17, 15) is 14.9 Å². The van der Waals surface area contributed by atoms with Gasteiger partial charge in [-0.3, -0.25) is 19.3 Å². The van der Waals surface area contributed by atoms with Gasteiger partial charge >= 0.3 is 0 Å². The molecule has 0 saturated carbocycles. The summed E-state index contributed by atoms with van der Waals surface area (Å²) in [7, 11) is 0. The normalized spacial score (nSPS) is 14.9. The first kappa shape index (κ1) is 17.9. The number of carbonyl (C=O) groups excluding carboxylic acids is 1. The van der Waals surface area contributed by atoms with E-state index in [0.717, 1.165) is 5.65 Å². The quantitative estimate of drug-likeness (QED) is 0.537. The van der Waals surface area contributed by atoms with Crippen molar-refractivity contribution in [1.29, 1.82) is 0 Å². The van der Waals surface area contributed by atoms with Gasteiger partial charge in [-0.15, -0.1) is 10.2 Å². The minimum absolute atomic E-state index is 0.0186. The second-order valence-electron chi connectivity index (χ2n) is 6.77. The van der Waals surface area contributed by atoms with E-state index >= 15 is 0 Å². The van der Waals surface area contributed by atoms with E-state index in [0.29, 0.717) is 44.0 Å². The molecule has 0 bridgehead atoms. The first-order chi connectivity index (χ1) is 13.6. The molecule has 0 atom stereocenters. The monoisotopic (exact) mass is 380 g/mol. The van der Waals surface area contributed by atoms with Gasteiger partial charge in [0, 0.05) is 31.3 Å². The molecule has 0 spiro atoms. The zero-order valence-electron chi connectivity index (χ0n) is 15.2. The van der Waals surface area contributed by atoms with Crippen molar-refractivity contribution in [1.82, 2.24) is 19.9 Å². The van der Waals surface area contributed by atoms with Crippen molar-refractivity contribution in [3.8, 4) is 0 Å². The third-order valence-electron chi connectivity index (χ3n) is 5.09. The molecule has 4 rings (SSSR count). The number of nitro benzene ring substituents is 1. The maximum absolute atomic E-state index is 12.6. The fourth-order valence-corrected chi connectivity index (χ4v) is 3.59. The molecule has 0 unspecified atom stereocenters. The molecule has 1 amide bonds. The van der Waals surface area contributed by atoms with Crippen molar-refractivity contribution >= 4 is 22.9 Å². The van der Waals surface area contributed by atoms with Crippen LogP contribution in [0.3, 0.4) is 0 Å². The zero-order valence-corrected chi connectivity index (χ0v) is 15.2. The lowest BCUT2D eigenvalue weighted by atomic mass is 9.95. The largest absolute Gasteiger partial charge is 0.366 e. The molecule has 144 valence electrons. The molecule has 28 heavy (non-hydrogen) atoms. The molecular formula is C19H20N6O3. The summed E-state index contributed by atoms with van der Waals surface area (Å²) >= 11 is 0. The van der Waals surface area contributed by atoms with Gasteiger partial charge in [0.05, 0.1) is 11.5 Å². The summed E-state index contributed by atoms with van der Waals surface area (Å²) in [4.78, 5) is 25.4. The van der Waals surface area contributed by atoms with Crippen LogP contribution >= 0.6 is 0 Å². The average molecular weight is 380 g/mol. The number of hydrogen-bond acceptors (Lipinski definition) is 6. The molecule has 3 aromatic rings. The third kappa shape index (κ3) is 3.51. The zero-order chi connectivity index (χ0) is 19.5. The van der Waals surface area contributed by atoms with E-state index in [1.165, 1.54) is 6.07 Å². The van der Waals surface area contributed by atoms with Crippen LogP contribution in [0.25, 0.3) is 5.65 Å². The Hall–Kier alpha value is -3.49. The number of aromatic nitrogens is 3. The number of nitrogens with zero attached hydrogens (tertiary/aromatic N) is 5. The second kappa shape index (κ2) is 7.63. The molecule has 9 nitrogen and oxygen atoms in total. The summed E-state index contributed by atoms with van der Waals surface area (Å²) < 4.78 is 1.84. The van der Waals surface area contributed by atoms with Crippen LogP contribution in [0, 0.1) is 16.0 Å². The number of pyridine rings is 1. The summed E-state index contributed by atoms with van der Waals surface area (Å²) in [5.74, 6) is 0.550. The molecule has 1 aliphatic heterocycles. The minimum Gasteiger partial charge on any atom is -0.366 e. The SMILES string of the molecule is O=C(NCc1nnc2ccccn12)C1CCN(c2ccccc2[N+](=O)[O-])CC1. The van der Waals surface area contributed by atoms with Gasteiger partial charge in [0.1, 0.15) is 5.69 Å². The number of hydrogen-bond donors (Lipinski definition) is 1. The average Bonchev–Trinajstić information content (AvgIpc) is 3.15. The standard InChI is InChI=1S/C19H20N6O3/c26-19(20-13-18-22-21-17-7-3-4-10-24(17)18)14-8-11-23(12-9-14)15-5-1-2-6-16(15)25(27)28/h1-7,10,14H,8-9,11-13H2,(H,20,26). The Labute approximate surface area is 161 Å². The Morgan fingerprint density at radius 3 is 2.68 bits per heavy atom. The number of piperidine rings is 1. The van der Waals surface area contributed by atoms with Crippen LogP contribution < -0.4 is 10.2 Å². The summed E-state index contributed by atoms with van der Waals surface area (Å²) in [6.07, 6.45) is 3.17. The van der Waals surface area contributed by atoms with Gasteiger partial charge in [0.25, 0.3) is 5.69 Å². The summed E-state index contributed by atoms with van der Waals surface area (Å²) in [5.41, 5.74) is 1.45. The van der Waals surface area contributed by atoms with Crippen molar-refractivity contribution in [2.75, 3.05) is 18.0 Å². The topological polar surface area (TPSA) is 106 Å². The Bertz CT molecular complexity index is 1010. The number of amides is 1. The first-order valence-corrected chi connectivity index (χ1v) is 9.18. The highest BCUT2D eigenvalue weighted by Crippen LogP contribution is 2.31. The number of rotatable bonds is 5. The van der Waals surface area contributed by atoms with Crippen LogP contribution in [0.2, 0.25) is 0 Å². The highest BCUT2D eigenvalue weighted by atomic mass is 16.6. The maximum atomic E-state index is 12.6. The predicted molar refractivity (Wildman–Crippen MR) is 103 cm³/mol. The van der Waals surface area contributed by atoms with E-state index in [1.807, 2.05) is 33.7 Å². The van der Waals surface area contributed by atoms with Crippen LogP contribution in [-0.4, -0.2) is 38.5 Å². The number of fused-ring (bicyclic) bond motifs is 1. The van der Waals surface area contributed by atoms with Crippen LogP contribution in [0.4, 0.5) is 11.4 Å². The molecule has 2 aromatic heterocycles. The van der Waals surface area contributed by atoms with Gasteiger partial charge < -0.3 is 10.2 Å². The van der Waals surface area contributed by atoms with Gasteiger partial charge in [-0.05, 0) is 31.0 Å². The number of nitro groups is 1. The number of carbonyl (C=O) groups is 1. The molecule has 0 radical (unpaired) electrons. The van der Waals surface area contributed by atoms with Gasteiger partial charge in [-0.2, -0.15) is 0 Å². The lowest BCUT2D eigenvalue weighted by Crippen LogP contribution is -2.40. The Balaban J connectivity index is 1.35. The number of para-hydroxylation sites is 2. The second-order valence-corrected chi connectivity index (χ2v) is 6.77. The van der Waals surface area contributed by atoms with E-state index < -0.39 is 0 Å².